The molecule has 1 aromatic heterocycles. The summed E-state index contributed by atoms with van der Waals surface area (Å²) in [5.41, 5.74) is 6.59. The van der Waals surface area contributed by atoms with E-state index in [-0.39, 0.29) is 6.09 Å². The minimum atomic E-state index is -0.216. The van der Waals surface area contributed by atoms with Crippen molar-refractivity contribution in [3.8, 4) is 0 Å². The third-order valence-electron chi connectivity index (χ3n) is 3.38. The molecular weight excluding hydrogens is 256 g/mol. The average Bonchev–Trinajstić information content (AvgIpc) is 2.48. The molecule has 6 nitrogen and oxygen atoms in total. The van der Waals surface area contributed by atoms with Crippen LogP contribution in [0.2, 0.25) is 0 Å². The van der Waals surface area contributed by atoms with E-state index in [0.29, 0.717) is 25.4 Å². The van der Waals surface area contributed by atoms with Gasteiger partial charge in [-0.25, -0.2) is 9.78 Å². The summed E-state index contributed by atoms with van der Waals surface area (Å²) < 4.78 is 5.21. The molecule has 1 saturated heterocycles. The van der Waals surface area contributed by atoms with Crippen molar-refractivity contribution in [2.45, 2.75) is 19.8 Å². The van der Waals surface area contributed by atoms with Gasteiger partial charge in [0.25, 0.3) is 0 Å². The van der Waals surface area contributed by atoms with Crippen LogP contribution in [-0.4, -0.2) is 48.8 Å². The predicted molar refractivity (Wildman–Crippen MR) is 78.7 cm³/mol. The van der Waals surface area contributed by atoms with Crippen LogP contribution in [0.1, 0.15) is 19.8 Å². The second-order valence-corrected chi connectivity index (χ2v) is 4.86. The zero-order valence-corrected chi connectivity index (χ0v) is 11.9. The number of rotatable bonds is 4. The van der Waals surface area contributed by atoms with Crippen LogP contribution in [-0.2, 0) is 4.74 Å². The number of carbonyl (C=O) groups is 1. The lowest BCUT2D eigenvalue weighted by molar-refractivity contribution is 0.0989. The van der Waals surface area contributed by atoms with Gasteiger partial charge in [0.2, 0.25) is 0 Å². The number of hydrogen-bond acceptors (Lipinski definition) is 5. The minimum absolute atomic E-state index is 0.216. The molecule has 20 heavy (non-hydrogen) atoms. The molecule has 1 fully saturated rings. The van der Waals surface area contributed by atoms with Crippen molar-refractivity contribution in [2.75, 3.05) is 43.4 Å². The summed E-state index contributed by atoms with van der Waals surface area (Å²) in [4.78, 5) is 20.0. The molecule has 0 bridgehead atoms. The Morgan fingerprint density at radius 1 is 1.40 bits per heavy atom. The van der Waals surface area contributed by atoms with Gasteiger partial charge in [0.15, 0.2) is 5.82 Å². The molecule has 1 amide bonds. The standard InChI is InChI=1S/C14H22N4O2/c1-2-3-11-20-14(19)18-9-7-17(8-10-18)13-12(15)5-4-6-16-13/h4-6H,2-3,7-11,15H2,1H3. The highest BCUT2D eigenvalue weighted by Crippen LogP contribution is 2.20. The quantitative estimate of drug-likeness (QED) is 0.849. The number of ether oxygens (including phenoxy) is 1. The van der Waals surface area contributed by atoms with Gasteiger partial charge < -0.3 is 20.3 Å². The number of aromatic nitrogens is 1. The van der Waals surface area contributed by atoms with Crippen LogP contribution >= 0.6 is 0 Å². The zero-order chi connectivity index (χ0) is 14.4. The normalized spacial score (nSPS) is 15.2. The molecule has 2 heterocycles. The second kappa shape index (κ2) is 6.98. The smallest absolute Gasteiger partial charge is 0.409 e. The van der Waals surface area contributed by atoms with Gasteiger partial charge in [0.05, 0.1) is 12.3 Å². The molecule has 2 rings (SSSR count). The molecular formula is C14H22N4O2. The maximum absolute atomic E-state index is 11.8. The van der Waals surface area contributed by atoms with Gasteiger partial charge in [-0.15, -0.1) is 0 Å². The molecule has 0 spiro atoms. The van der Waals surface area contributed by atoms with Crippen molar-refractivity contribution < 1.29 is 9.53 Å². The Balaban J connectivity index is 1.83. The number of hydrogen-bond donors (Lipinski definition) is 1. The van der Waals surface area contributed by atoms with E-state index in [2.05, 4.69) is 16.8 Å². The molecule has 0 saturated carbocycles. The number of pyridine rings is 1. The second-order valence-electron chi connectivity index (χ2n) is 4.86. The summed E-state index contributed by atoms with van der Waals surface area (Å²) in [6.45, 7) is 5.31. The Hall–Kier alpha value is -1.98. The fraction of sp³-hybridized carbons (Fsp3) is 0.571. The van der Waals surface area contributed by atoms with Crippen molar-refractivity contribution in [3.63, 3.8) is 0 Å². The van der Waals surface area contributed by atoms with Gasteiger partial charge in [-0.1, -0.05) is 13.3 Å². The number of nitrogen functional groups attached to an aromatic ring is 1. The molecule has 1 aliphatic heterocycles. The van der Waals surface area contributed by atoms with Crippen LogP contribution in [0.5, 0.6) is 0 Å². The number of anilines is 2. The summed E-state index contributed by atoms with van der Waals surface area (Å²) in [5, 5.41) is 0. The minimum Gasteiger partial charge on any atom is -0.449 e. The Bertz CT molecular complexity index is 445. The van der Waals surface area contributed by atoms with Crippen LogP contribution in [0, 0.1) is 0 Å². The van der Waals surface area contributed by atoms with E-state index in [1.807, 2.05) is 12.1 Å². The molecule has 2 N–H and O–H groups in total. The van der Waals surface area contributed by atoms with Crippen LogP contribution in [0.3, 0.4) is 0 Å². The average molecular weight is 278 g/mol. The first-order valence-electron chi connectivity index (χ1n) is 7.09. The van der Waals surface area contributed by atoms with E-state index in [1.165, 1.54) is 0 Å². The SMILES string of the molecule is CCCCOC(=O)N1CCN(c2ncccc2N)CC1. The molecule has 0 atom stereocenters. The maximum Gasteiger partial charge on any atom is 0.409 e. The van der Waals surface area contributed by atoms with E-state index in [0.717, 1.165) is 31.7 Å². The molecule has 0 aliphatic carbocycles. The van der Waals surface area contributed by atoms with Crippen molar-refractivity contribution in [3.05, 3.63) is 18.3 Å². The van der Waals surface area contributed by atoms with E-state index in [9.17, 15) is 4.79 Å². The summed E-state index contributed by atoms with van der Waals surface area (Å²) >= 11 is 0. The highest BCUT2D eigenvalue weighted by atomic mass is 16.6. The number of piperazine rings is 1. The van der Waals surface area contributed by atoms with Crippen LogP contribution in [0.4, 0.5) is 16.3 Å². The molecule has 0 radical (unpaired) electrons. The molecule has 6 heteroatoms. The topological polar surface area (TPSA) is 71.7 Å². The Kier molecular flexibility index (Phi) is 5.03. The summed E-state index contributed by atoms with van der Waals surface area (Å²) in [7, 11) is 0. The van der Waals surface area contributed by atoms with E-state index in [1.54, 1.807) is 11.1 Å². The van der Waals surface area contributed by atoms with Gasteiger partial charge in [-0.05, 0) is 18.6 Å². The lowest BCUT2D eigenvalue weighted by atomic mass is 10.3. The first kappa shape index (κ1) is 14.4. The third kappa shape index (κ3) is 3.53. The van der Waals surface area contributed by atoms with Crippen LogP contribution in [0.25, 0.3) is 0 Å². The number of amides is 1. The highest BCUT2D eigenvalue weighted by Gasteiger charge is 2.23. The van der Waals surface area contributed by atoms with Crippen molar-refractivity contribution in [2.24, 2.45) is 0 Å². The molecule has 0 unspecified atom stereocenters. The Morgan fingerprint density at radius 3 is 2.80 bits per heavy atom. The fourth-order valence-corrected chi connectivity index (χ4v) is 2.17. The van der Waals surface area contributed by atoms with Gasteiger partial charge in [0.1, 0.15) is 0 Å². The maximum atomic E-state index is 11.8. The predicted octanol–water partition coefficient (Wildman–Crippen LogP) is 1.72. The third-order valence-corrected chi connectivity index (χ3v) is 3.38. The summed E-state index contributed by atoms with van der Waals surface area (Å²) in [6, 6.07) is 3.66. The van der Waals surface area contributed by atoms with Gasteiger partial charge in [0, 0.05) is 32.4 Å². The lowest BCUT2D eigenvalue weighted by Gasteiger charge is -2.35. The Morgan fingerprint density at radius 2 is 2.15 bits per heavy atom. The van der Waals surface area contributed by atoms with Crippen molar-refractivity contribution in [1.82, 2.24) is 9.88 Å². The van der Waals surface area contributed by atoms with Crippen LogP contribution in [0.15, 0.2) is 18.3 Å². The lowest BCUT2D eigenvalue weighted by Crippen LogP contribution is -2.49. The Labute approximate surface area is 119 Å². The number of unbranched alkanes of at least 4 members (excludes halogenated alkanes) is 1. The number of carbonyl (C=O) groups excluding carboxylic acids is 1. The van der Waals surface area contributed by atoms with Crippen LogP contribution < -0.4 is 10.6 Å². The monoisotopic (exact) mass is 278 g/mol. The van der Waals surface area contributed by atoms with Crippen molar-refractivity contribution in [1.29, 1.82) is 0 Å². The van der Waals surface area contributed by atoms with Gasteiger partial charge in [-0.3, -0.25) is 0 Å². The van der Waals surface area contributed by atoms with Gasteiger partial charge in [-0.2, -0.15) is 0 Å². The molecule has 110 valence electrons. The van der Waals surface area contributed by atoms with Gasteiger partial charge >= 0.3 is 6.09 Å². The first-order valence-corrected chi connectivity index (χ1v) is 7.09. The number of nitrogens with two attached hydrogens (primary N) is 1. The highest BCUT2D eigenvalue weighted by molar-refractivity contribution is 5.68. The van der Waals surface area contributed by atoms with E-state index in [4.69, 9.17) is 10.5 Å². The van der Waals surface area contributed by atoms with E-state index < -0.39 is 0 Å². The molecule has 0 aromatic carbocycles. The van der Waals surface area contributed by atoms with E-state index >= 15 is 0 Å². The first-order chi connectivity index (χ1) is 9.72. The zero-order valence-electron chi connectivity index (χ0n) is 11.9. The molecule has 1 aliphatic rings. The van der Waals surface area contributed by atoms with Crippen molar-refractivity contribution >= 4 is 17.6 Å². The molecule has 1 aromatic rings. The summed E-state index contributed by atoms with van der Waals surface area (Å²) in [6.07, 6.45) is 3.46. The number of nitrogens with zero attached hydrogens (tertiary/aromatic N) is 3. The largest absolute Gasteiger partial charge is 0.449 e. The fourth-order valence-electron chi connectivity index (χ4n) is 2.17. The summed E-state index contributed by atoms with van der Waals surface area (Å²) in [5.74, 6) is 0.798.